The third-order valence-electron chi connectivity index (χ3n) is 4.63. The van der Waals surface area contributed by atoms with Crippen molar-refractivity contribution >= 4 is 27.5 Å². The van der Waals surface area contributed by atoms with Gasteiger partial charge in [0.25, 0.3) is 5.56 Å². The molecule has 3 heterocycles. The minimum Gasteiger partial charge on any atom is -0.497 e. The number of furan rings is 1. The number of carboxylic acids is 1. The summed E-state index contributed by atoms with van der Waals surface area (Å²) in [5.74, 6) is -0.227. The molecular formula is C21H18N2O5S. The molecule has 1 N–H and O–H groups in total. The molecule has 7 nitrogen and oxygen atoms in total. The Kier molecular flexibility index (Phi) is 4.94. The second-order valence-corrected chi connectivity index (χ2v) is 7.50. The SMILES string of the molecule is CCc1sc2ncn(Cc3ccc(C(=O)O)o3)c(=O)c2c1-c1cccc(OC)c1. The van der Waals surface area contributed by atoms with Crippen molar-refractivity contribution < 1.29 is 19.1 Å². The molecule has 148 valence electrons. The largest absolute Gasteiger partial charge is 0.497 e. The predicted octanol–water partition coefficient (Wildman–Crippen LogP) is 4.04. The van der Waals surface area contributed by atoms with Gasteiger partial charge >= 0.3 is 5.97 Å². The molecule has 0 bridgehead atoms. The lowest BCUT2D eigenvalue weighted by Crippen LogP contribution is -2.20. The van der Waals surface area contributed by atoms with Crippen LogP contribution in [0.25, 0.3) is 21.3 Å². The number of thiophene rings is 1. The van der Waals surface area contributed by atoms with Crippen molar-refractivity contribution in [3.63, 3.8) is 0 Å². The molecule has 0 aliphatic heterocycles. The summed E-state index contributed by atoms with van der Waals surface area (Å²) in [5.41, 5.74) is 1.57. The van der Waals surface area contributed by atoms with Crippen molar-refractivity contribution in [3.05, 3.63) is 69.5 Å². The number of hydrogen-bond acceptors (Lipinski definition) is 6. The zero-order chi connectivity index (χ0) is 20.5. The van der Waals surface area contributed by atoms with Gasteiger partial charge in [-0.25, -0.2) is 9.78 Å². The quantitative estimate of drug-likeness (QED) is 0.516. The van der Waals surface area contributed by atoms with Crippen LogP contribution in [0.15, 0.2) is 51.9 Å². The van der Waals surface area contributed by atoms with Gasteiger partial charge in [-0.2, -0.15) is 0 Å². The summed E-state index contributed by atoms with van der Waals surface area (Å²) in [7, 11) is 1.61. The first-order valence-corrected chi connectivity index (χ1v) is 9.80. The fraction of sp³-hybridized carbons (Fsp3) is 0.190. The molecule has 8 heteroatoms. The lowest BCUT2D eigenvalue weighted by molar-refractivity contribution is 0.0660. The molecule has 0 aliphatic rings. The van der Waals surface area contributed by atoms with E-state index in [2.05, 4.69) is 4.98 Å². The average molecular weight is 410 g/mol. The van der Waals surface area contributed by atoms with E-state index in [1.807, 2.05) is 31.2 Å². The van der Waals surface area contributed by atoms with Crippen LogP contribution in [0.1, 0.15) is 28.1 Å². The summed E-state index contributed by atoms with van der Waals surface area (Å²) in [6.07, 6.45) is 2.24. The summed E-state index contributed by atoms with van der Waals surface area (Å²) in [6, 6.07) is 10.5. The number of aryl methyl sites for hydroxylation is 1. The fourth-order valence-electron chi connectivity index (χ4n) is 3.26. The van der Waals surface area contributed by atoms with Crippen LogP contribution in [-0.4, -0.2) is 27.7 Å². The molecular weight excluding hydrogens is 392 g/mol. The number of aromatic carboxylic acids is 1. The number of aromatic nitrogens is 2. The highest BCUT2D eigenvalue weighted by Crippen LogP contribution is 2.37. The molecule has 0 aliphatic carbocycles. The fourth-order valence-corrected chi connectivity index (χ4v) is 4.35. The van der Waals surface area contributed by atoms with Gasteiger partial charge in [-0.1, -0.05) is 19.1 Å². The van der Waals surface area contributed by atoms with E-state index in [-0.39, 0.29) is 17.9 Å². The molecule has 0 saturated heterocycles. The minimum atomic E-state index is -1.15. The Morgan fingerprint density at radius 1 is 1.31 bits per heavy atom. The summed E-state index contributed by atoms with van der Waals surface area (Å²) >= 11 is 1.50. The molecule has 0 atom stereocenters. The Morgan fingerprint density at radius 3 is 2.83 bits per heavy atom. The van der Waals surface area contributed by atoms with Crippen LogP contribution in [0, 0.1) is 0 Å². The predicted molar refractivity (Wildman–Crippen MR) is 110 cm³/mol. The maximum atomic E-state index is 13.3. The molecule has 0 saturated carbocycles. The highest BCUT2D eigenvalue weighted by Gasteiger charge is 2.19. The lowest BCUT2D eigenvalue weighted by Gasteiger charge is -2.07. The van der Waals surface area contributed by atoms with E-state index in [0.29, 0.717) is 21.7 Å². The number of rotatable bonds is 6. The van der Waals surface area contributed by atoms with E-state index in [9.17, 15) is 9.59 Å². The first kappa shape index (κ1) is 18.9. The Morgan fingerprint density at radius 2 is 2.14 bits per heavy atom. The second-order valence-electron chi connectivity index (χ2n) is 6.41. The van der Waals surface area contributed by atoms with Gasteiger partial charge in [-0.15, -0.1) is 11.3 Å². The smallest absolute Gasteiger partial charge is 0.371 e. The molecule has 0 unspecified atom stereocenters. The molecule has 4 rings (SSSR count). The van der Waals surface area contributed by atoms with Crippen LogP contribution >= 0.6 is 11.3 Å². The normalized spacial score (nSPS) is 11.1. The van der Waals surface area contributed by atoms with Crippen molar-refractivity contribution in [2.75, 3.05) is 7.11 Å². The monoisotopic (exact) mass is 410 g/mol. The van der Waals surface area contributed by atoms with E-state index in [1.54, 1.807) is 13.2 Å². The van der Waals surface area contributed by atoms with Crippen molar-refractivity contribution in [2.24, 2.45) is 0 Å². The van der Waals surface area contributed by atoms with Gasteiger partial charge in [-0.3, -0.25) is 9.36 Å². The molecule has 4 aromatic rings. The summed E-state index contributed by atoms with van der Waals surface area (Å²) in [5, 5.41) is 9.56. The van der Waals surface area contributed by atoms with Crippen LogP contribution in [-0.2, 0) is 13.0 Å². The zero-order valence-electron chi connectivity index (χ0n) is 15.8. The van der Waals surface area contributed by atoms with E-state index in [0.717, 1.165) is 22.4 Å². The number of benzene rings is 1. The molecule has 0 fully saturated rings. The van der Waals surface area contributed by atoms with Gasteiger partial charge in [-0.05, 0) is 36.2 Å². The van der Waals surface area contributed by atoms with Crippen LogP contribution in [0.5, 0.6) is 5.75 Å². The number of fused-ring (bicyclic) bond motifs is 1. The van der Waals surface area contributed by atoms with E-state index in [4.69, 9.17) is 14.3 Å². The van der Waals surface area contributed by atoms with Gasteiger partial charge < -0.3 is 14.3 Å². The van der Waals surface area contributed by atoms with Crippen molar-refractivity contribution in [1.29, 1.82) is 0 Å². The average Bonchev–Trinajstić information content (AvgIpc) is 3.35. The van der Waals surface area contributed by atoms with Crippen LogP contribution in [0.3, 0.4) is 0 Å². The lowest BCUT2D eigenvalue weighted by atomic mass is 10.0. The number of carbonyl (C=O) groups is 1. The maximum absolute atomic E-state index is 13.3. The van der Waals surface area contributed by atoms with Gasteiger partial charge in [0, 0.05) is 10.4 Å². The van der Waals surface area contributed by atoms with Gasteiger partial charge in [0.1, 0.15) is 16.3 Å². The first-order valence-electron chi connectivity index (χ1n) is 8.99. The Balaban J connectivity index is 1.86. The van der Waals surface area contributed by atoms with Gasteiger partial charge in [0.2, 0.25) is 5.76 Å². The minimum absolute atomic E-state index is 0.101. The molecule has 0 radical (unpaired) electrons. The third kappa shape index (κ3) is 3.42. The summed E-state index contributed by atoms with van der Waals surface area (Å²) < 4.78 is 12.1. The van der Waals surface area contributed by atoms with Crippen molar-refractivity contribution in [1.82, 2.24) is 9.55 Å². The molecule has 29 heavy (non-hydrogen) atoms. The number of carboxylic acid groups (broad SMARTS) is 1. The van der Waals surface area contributed by atoms with E-state index < -0.39 is 5.97 Å². The van der Waals surface area contributed by atoms with Gasteiger partial charge in [0.05, 0.1) is 25.4 Å². The highest BCUT2D eigenvalue weighted by atomic mass is 32.1. The highest BCUT2D eigenvalue weighted by molar-refractivity contribution is 7.19. The zero-order valence-corrected chi connectivity index (χ0v) is 16.7. The van der Waals surface area contributed by atoms with E-state index in [1.165, 1.54) is 28.3 Å². The molecule has 3 aromatic heterocycles. The summed E-state index contributed by atoms with van der Waals surface area (Å²) in [4.78, 5) is 30.5. The number of ether oxygens (including phenoxy) is 1. The van der Waals surface area contributed by atoms with Crippen molar-refractivity contribution in [3.8, 4) is 16.9 Å². The third-order valence-corrected chi connectivity index (χ3v) is 5.87. The van der Waals surface area contributed by atoms with Crippen LogP contribution in [0.4, 0.5) is 0 Å². The number of nitrogens with zero attached hydrogens (tertiary/aromatic N) is 2. The van der Waals surface area contributed by atoms with Crippen LogP contribution < -0.4 is 10.3 Å². The topological polar surface area (TPSA) is 94.6 Å². The number of methoxy groups -OCH3 is 1. The van der Waals surface area contributed by atoms with Gasteiger partial charge in [0.15, 0.2) is 0 Å². The summed E-state index contributed by atoms with van der Waals surface area (Å²) in [6.45, 7) is 2.15. The van der Waals surface area contributed by atoms with E-state index >= 15 is 0 Å². The molecule has 1 aromatic carbocycles. The second kappa shape index (κ2) is 7.56. The first-order chi connectivity index (χ1) is 14.0. The Hall–Kier alpha value is -3.39. The molecule has 0 spiro atoms. The van der Waals surface area contributed by atoms with Crippen molar-refractivity contribution in [2.45, 2.75) is 19.9 Å². The molecule has 0 amide bonds. The maximum Gasteiger partial charge on any atom is 0.371 e. The Labute approximate surface area is 169 Å². The number of hydrogen-bond donors (Lipinski definition) is 1. The standard InChI is InChI=1S/C21H18N2O5S/c1-3-16-17(12-5-4-6-13(9-12)27-2)18-19(29-16)22-11-23(20(18)24)10-14-7-8-15(28-14)21(25)26/h4-9,11H,3,10H2,1-2H3,(H,25,26). The Bertz CT molecular complexity index is 1270. The van der Waals surface area contributed by atoms with Crippen LogP contribution in [0.2, 0.25) is 0 Å².